The molecule has 0 atom stereocenters. The van der Waals surface area contributed by atoms with E-state index >= 15 is 0 Å². The van der Waals surface area contributed by atoms with E-state index in [9.17, 15) is 0 Å². The van der Waals surface area contributed by atoms with Crippen LogP contribution in [-0.2, 0) is 0 Å². The molecular formula is C13H20N2. The predicted molar refractivity (Wildman–Crippen MR) is 66.4 cm³/mol. The molecule has 0 bridgehead atoms. The number of hydrogen-bond donors (Lipinski definition) is 1. The third-order valence-corrected chi connectivity index (χ3v) is 2.39. The summed E-state index contributed by atoms with van der Waals surface area (Å²) in [5.74, 6) is 0. The maximum atomic E-state index is 4.11. The van der Waals surface area contributed by atoms with Crippen LogP contribution in [0.5, 0.6) is 0 Å². The van der Waals surface area contributed by atoms with E-state index in [-0.39, 0.29) is 5.41 Å². The van der Waals surface area contributed by atoms with Crippen LogP contribution in [0.3, 0.4) is 0 Å². The van der Waals surface area contributed by atoms with Crippen LogP contribution in [0.1, 0.15) is 45.9 Å². The van der Waals surface area contributed by atoms with Gasteiger partial charge in [-0.3, -0.25) is 5.10 Å². The van der Waals surface area contributed by atoms with E-state index < -0.39 is 0 Å². The maximum Gasteiger partial charge on any atom is 0.0649 e. The summed E-state index contributed by atoms with van der Waals surface area (Å²) in [4.78, 5) is 0. The SMILES string of the molecule is C/C=C\c1[nH]ncc1/C(=C\C)C(C)(C)C. The Morgan fingerprint density at radius 2 is 2.00 bits per heavy atom. The number of H-pyrrole nitrogens is 1. The second-order valence-electron chi connectivity index (χ2n) is 4.65. The Hall–Kier alpha value is -1.31. The van der Waals surface area contributed by atoms with Crippen molar-refractivity contribution in [2.45, 2.75) is 34.6 Å². The van der Waals surface area contributed by atoms with Crippen molar-refractivity contribution in [2.75, 3.05) is 0 Å². The highest BCUT2D eigenvalue weighted by atomic mass is 15.1. The van der Waals surface area contributed by atoms with E-state index in [1.165, 1.54) is 11.1 Å². The Balaban J connectivity index is 3.20. The molecule has 2 heteroatoms. The van der Waals surface area contributed by atoms with Gasteiger partial charge in [-0.15, -0.1) is 0 Å². The molecule has 1 rings (SSSR count). The Morgan fingerprint density at radius 1 is 1.33 bits per heavy atom. The summed E-state index contributed by atoms with van der Waals surface area (Å²) in [6, 6.07) is 0. The zero-order valence-corrected chi connectivity index (χ0v) is 10.3. The summed E-state index contributed by atoms with van der Waals surface area (Å²) in [7, 11) is 0. The summed E-state index contributed by atoms with van der Waals surface area (Å²) in [6.45, 7) is 10.7. The molecule has 1 N–H and O–H groups in total. The van der Waals surface area contributed by atoms with Crippen molar-refractivity contribution in [2.24, 2.45) is 5.41 Å². The molecule has 15 heavy (non-hydrogen) atoms. The van der Waals surface area contributed by atoms with Crippen LogP contribution in [0.2, 0.25) is 0 Å². The van der Waals surface area contributed by atoms with Gasteiger partial charge in [-0.05, 0) is 30.9 Å². The van der Waals surface area contributed by atoms with Gasteiger partial charge in [0.15, 0.2) is 0 Å². The van der Waals surface area contributed by atoms with E-state index in [1.807, 2.05) is 19.2 Å². The number of nitrogens with zero attached hydrogens (tertiary/aromatic N) is 1. The van der Waals surface area contributed by atoms with Gasteiger partial charge >= 0.3 is 0 Å². The van der Waals surface area contributed by atoms with Crippen molar-refractivity contribution in [1.29, 1.82) is 0 Å². The zero-order chi connectivity index (χ0) is 11.5. The minimum Gasteiger partial charge on any atom is -0.278 e. The number of aromatic amines is 1. The molecule has 0 spiro atoms. The zero-order valence-electron chi connectivity index (χ0n) is 10.3. The third-order valence-electron chi connectivity index (χ3n) is 2.39. The molecule has 0 aliphatic rings. The highest BCUT2D eigenvalue weighted by molar-refractivity contribution is 5.74. The van der Waals surface area contributed by atoms with E-state index in [1.54, 1.807) is 0 Å². The molecule has 0 aliphatic heterocycles. The van der Waals surface area contributed by atoms with Gasteiger partial charge < -0.3 is 0 Å². The van der Waals surface area contributed by atoms with Crippen molar-refractivity contribution in [3.8, 4) is 0 Å². The molecule has 0 radical (unpaired) electrons. The number of aromatic nitrogens is 2. The second kappa shape index (κ2) is 4.47. The van der Waals surface area contributed by atoms with Gasteiger partial charge in [-0.25, -0.2) is 0 Å². The average molecular weight is 204 g/mol. The van der Waals surface area contributed by atoms with E-state index in [0.717, 1.165) is 5.69 Å². The first kappa shape index (κ1) is 11.8. The maximum absolute atomic E-state index is 4.11. The van der Waals surface area contributed by atoms with Crippen LogP contribution in [-0.4, -0.2) is 10.2 Å². The van der Waals surface area contributed by atoms with Gasteiger partial charge in [0, 0.05) is 5.56 Å². The van der Waals surface area contributed by atoms with Gasteiger partial charge in [0.05, 0.1) is 11.9 Å². The average Bonchev–Trinajstić information content (AvgIpc) is 2.53. The molecule has 1 aromatic heterocycles. The Kier molecular flexibility index (Phi) is 3.51. The van der Waals surface area contributed by atoms with Crippen molar-refractivity contribution in [3.05, 3.63) is 29.6 Å². The number of hydrogen-bond acceptors (Lipinski definition) is 1. The highest BCUT2D eigenvalue weighted by Gasteiger charge is 2.20. The molecule has 0 saturated heterocycles. The fourth-order valence-electron chi connectivity index (χ4n) is 1.80. The highest BCUT2D eigenvalue weighted by Crippen LogP contribution is 2.35. The van der Waals surface area contributed by atoms with Crippen LogP contribution >= 0.6 is 0 Å². The van der Waals surface area contributed by atoms with Crippen LogP contribution in [0.25, 0.3) is 11.6 Å². The molecular weight excluding hydrogens is 184 g/mol. The first-order valence-corrected chi connectivity index (χ1v) is 5.34. The lowest BCUT2D eigenvalue weighted by molar-refractivity contribution is 0.566. The lowest BCUT2D eigenvalue weighted by Crippen LogP contribution is -2.08. The summed E-state index contributed by atoms with van der Waals surface area (Å²) in [5.41, 5.74) is 3.75. The minimum absolute atomic E-state index is 0.148. The molecule has 1 heterocycles. The first-order chi connectivity index (χ1) is 7.00. The van der Waals surface area contributed by atoms with Gasteiger partial charge in [0.25, 0.3) is 0 Å². The first-order valence-electron chi connectivity index (χ1n) is 5.34. The van der Waals surface area contributed by atoms with Crippen LogP contribution < -0.4 is 0 Å². The molecule has 0 saturated carbocycles. The largest absolute Gasteiger partial charge is 0.278 e. The quantitative estimate of drug-likeness (QED) is 0.777. The Bertz CT molecular complexity index is 375. The smallest absolute Gasteiger partial charge is 0.0649 e. The van der Waals surface area contributed by atoms with Crippen molar-refractivity contribution in [1.82, 2.24) is 10.2 Å². The standard InChI is InChI=1S/C13H20N2/c1-6-8-12-10(9-14-15-12)11(7-2)13(3,4)5/h6-9H,1-5H3,(H,14,15)/b8-6-,11-7+. The van der Waals surface area contributed by atoms with Gasteiger partial charge in [0.2, 0.25) is 0 Å². The summed E-state index contributed by atoms with van der Waals surface area (Å²) in [6.07, 6.45) is 8.14. The van der Waals surface area contributed by atoms with Crippen LogP contribution in [0, 0.1) is 5.41 Å². The Labute approximate surface area is 92.1 Å². The van der Waals surface area contributed by atoms with Gasteiger partial charge in [0.1, 0.15) is 0 Å². The summed E-state index contributed by atoms with van der Waals surface area (Å²) in [5, 5.41) is 7.12. The molecule has 0 aliphatic carbocycles. The fourth-order valence-corrected chi connectivity index (χ4v) is 1.80. The molecule has 0 fully saturated rings. The van der Waals surface area contributed by atoms with Gasteiger partial charge in [-0.2, -0.15) is 5.10 Å². The minimum atomic E-state index is 0.148. The summed E-state index contributed by atoms with van der Waals surface area (Å²) < 4.78 is 0. The molecule has 2 nitrogen and oxygen atoms in total. The van der Waals surface area contributed by atoms with E-state index in [0.29, 0.717) is 0 Å². The third kappa shape index (κ3) is 2.58. The molecule has 0 amide bonds. The van der Waals surface area contributed by atoms with Crippen LogP contribution in [0.15, 0.2) is 18.3 Å². The van der Waals surface area contributed by atoms with Crippen molar-refractivity contribution in [3.63, 3.8) is 0 Å². The number of rotatable bonds is 2. The number of allylic oxidation sites excluding steroid dienone is 3. The number of nitrogens with one attached hydrogen (secondary N) is 1. The van der Waals surface area contributed by atoms with Crippen molar-refractivity contribution < 1.29 is 0 Å². The molecule has 0 unspecified atom stereocenters. The van der Waals surface area contributed by atoms with E-state index in [2.05, 4.69) is 50.0 Å². The van der Waals surface area contributed by atoms with Crippen LogP contribution in [0.4, 0.5) is 0 Å². The second-order valence-corrected chi connectivity index (χ2v) is 4.65. The fraction of sp³-hybridized carbons (Fsp3) is 0.462. The molecule has 0 aromatic carbocycles. The summed E-state index contributed by atoms with van der Waals surface area (Å²) >= 11 is 0. The molecule has 82 valence electrons. The lowest BCUT2D eigenvalue weighted by Gasteiger charge is -2.22. The monoisotopic (exact) mass is 204 g/mol. The molecule has 1 aromatic rings. The normalized spacial score (nSPS) is 13.8. The van der Waals surface area contributed by atoms with Crippen molar-refractivity contribution >= 4 is 11.6 Å². The Morgan fingerprint density at radius 3 is 2.47 bits per heavy atom. The predicted octanol–water partition coefficient (Wildman–Crippen LogP) is 3.89. The van der Waals surface area contributed by atoms with E-state index in [4.69, 9.17) is 0 Å². The topological polar surface area (TPSA) is 28.7 Å². The van der Waals surface area contributed by atoms with Gasteiger partial charge in [-0.1, -0.05) is 32.9 Å². The lowest BCUT2D eigenvalue weighted by atomic mass is 9.82.